The summed E-state index contributed by atoms with van der Waals surface area (Å²) in [6, 6.07) is 18.3. The van der Waals surface area contributed by atoms with E-state index in [1.807, 2.05) is 34.9 Å². The molecular formula is C29H28N6O4. The molecular weight excluding hydrogens is 496 g/mol. The minimum atomic E-state index is -0.405. The van der Waals surface area contributed by atoms with Gasteiger partial charge >= 0.3 is 0 Å². The third-order valence-corrected chi connectivity index (χ3v) is 6.52. The Bertz CT molecular complexity index is 1520. The number of carbonyl (C=O) groups excluding carboxylic acids is 3. The number of rotatable bonds is 8. The van der Waals surface area contributed by atoms with Crippen LogP contribution in [0.4, 0.5) is 11.4 Å². The third-order valence-electron chi connectivity index (χ3n) is 6.52. The Morgan fingerprint density at radius 2 is 1.90 bits per heavy atom. The van der Waals surface area contributed by atoms with Gasteiger partial charge in [-0.25, -0.2) is 4.98 Å². The molecule has 5 rings (SSSR count). The van der Waals surface area contributed by atoms with Gasteiger partial charge in [0.25, 0.3) is 11.8 Å². The van der Waals surface area contributed by atoms with Gasteiger partial charge in [-0.15, -0.1) is 0 Å². The maximum atomic E-state index is 13.5. The molecule has 2 aromatic heterocycles. The number of fused-ring (bicyclic) bond motifs is 1. The van der Waals surface area contributed by atoms with Crippen molar-refractivity contribution in [2.24, 2.45) is 0 Å². The van der Waals surface area contributed by atoms with Crippen molar-refractivity contribution in [1.29, 1.82) is 0 Å². The molecule has 3 N–H and O–H groups in total. The summed E-state index contributed by atoms with van der Waals surface area (Å²) in [5.41, 5.74) is 3.41. The van der Waals surface area contributed by atoms with E-state index >= 15 is 0 Å². The number of carbonyl (C=O) groups is 3. The van der Waals surface area contributed by atoms with E-state index < -0.39 is 5.91 Å². The quantitative estimate of drug-likeness (QED) is 0.303. The maximum absolute atomic E-state index is 13.5. The molecule has 0 spiro atoms. The third kappa shape index (κ3) is 5.45. The first-order valence-electron chi connectivity index (χ1n) is 12.4. The molecule has 0 saturated heterocycles. The maximum Gasteiger partial charge on any atom is 0.276 e. The van der Waals surface area contributed by atoms with E-state index in [1.54, 1.807) is 41.4 Å². The number of methoxy groups -OCH3 is 1. The Labute approximate surface area is 225 Å². The summed E-state index contributed by atoms with van der Waals surface area (Å²) in [7, 11) is 1.47. The zero-order chi connectivity index (χ0) is 27.4. The molecule has 2 aromatic carbocycles. The lowest BCUT2D eigenvalue weighted by molar-refractivity contribution is -0.111. The van der Waals surface area contributed by atoms with Gasteiger partial charge in [-0.2, -0.15) is 0 Å². The predicted molar refractivity (Wildman–Crippen MR) is 147 cm³/mol. The van der Waals surface area contributed by atoms with Gasteiger partial charge in [0.1, 0.15) is 17.3 Å². The number of H-pyrrole nitrogens is 1. The average molecular weight is 525 g/mol. The highest BCUT2D eigenvalue weighted by atomic mass is 16.5. The van der Waals surface area contributed by atoms with Gasteiger partial charge in [-0.05, 0) is 35.9 Å². The highest BCUT2D eigenvalue weighted by Crippen LogP contribution is 2.29. The van der Waals surface area contributed by atoms with Gasteiger partial charge in [0.2, 0.25) is 5.91 Å². The van der Waals surface area contributed by atoms with Crippen LogP contribution < -0.4 is 15.4 Å². The number of aromatic amines is 1. The Morgan fingerprint density at radius 3 is 2.62 bits per heavy atom. The van der Waals surface area contributed by atoms with Crippen molar-refractivity contribution in [2.45, 2.75) is 19.5 Å². The van der Waals surface area contributed by atoms with Gasteiger partial charge in [0.05, 0.1) is 25.0 Å². The van der Waals surface area contributed by atoms with Crippen molar-refractivity contribution in [3.63, 3.8) is 0 Å². The van der Waals surface area contributed by atoms with Crippen LogP contribution in [-0.4, -0.2) is 50.8 Å². The molecule has 1 aliphatic rings. The first kappa shape index (κ1) is 25.5. The van der Waals surface area contributed by atoms with Crippen molar-refractivity contribution >= 4 is 29.1 Å². The number of ether oxygens (including phenoxy) is 1. The Hall–Kier alpha value is -5.12. The molecule has 10 heteroatoms. The highest BCUT2D eigenvalue weighted by Gasteiger charge is 2.30. The summed E-state index contributed by atoms with van der Waals surface area (Å²) in [6.45, 7) is 4.72. The fourth-order valence-electron chi connectivity index (χ4n) is 4.59. The molecule has 10 nitrogen and oxygen atoms in total. The van der Waals surface area contributed by atoms with Crippen LogP contribution in [0.15, 0.2) is 79.5 Å². The van der Waals surface area contributed by atoms with Crippen molar-refractivity contribution < 1.29 is 19.1 Å². The molecule has 3 heterocycles. The predicted octanol–water partition coefficient (Wildman–Crippen LogP) is 3.84. The zero-order valence-electron chi connectivity index (χ0n) is 21.4. The van der Waals surface area contributed by atoms with E-state index in [2.05, 4.69) is 22.2 Å². The van der Waals surface area contributed by atoms with Crippen LogP contribution in [0.2, 0.25) is 0 Å². The molecule has 1 aliphatic heterocycles. The average Bonchev–Trinajstić information content (AvgIpc) is 3.62. The molecule has 39 heavy (non-hydrogen) atoms. The topological polar surface area (TPSA) is 121 Å². The molecule has 0 aliphatic carbocycles. The SMILES string of the molecule is C=CC(=O)Nc1ccc(NC(=O)c2nc(Cc3ccccc3)n3c2CN(C(=O)c2ccc[nH]2)CC3)cc1OC. The second kappa shape index (κ2) is 11.1. The van der Waals surface area contributed by atoms with Crippen LogP contribution in [0.1, 0.15) is 38.1 Å². The van der Waals surface area contributed by atoms with Gasteiger partial charge in [0.15, 0.2) is 5.69 Å². The molecule has 4 aromatic rings. The number of hydrogen-bond donors (Lipinski definition) is 3. The van der Waals surface area contributed by atoms with Crippen LogP contribution in [-0.2, 0) is 24.3 Å². The van der Waals surface area contributed by atoms with E-state index in [4.69, 9.17) is 9.72 Å². The second-order valence-electron chi connectivity index (χ2n) is 9.01. The van der Waals surface area contributed by atoms with Crippen LogP contribution in [0.5, 0.6) is 5.75 Å². The number of hydrogen-bond acceptors (Lipinski definition) is 5. The van der Waals surface area contributed by atoms with Gasteiger partial charge in [-0.1, -0.05) is 36.9 Å². The smallest absolute Gasteiger partial charge is 0.276 e. The Balaban J connectivity index is 1.44. The summed E-state index contributed by atoms with van der Waals surface area (Å²) in [4.78, 5) is 47.8. The van der Waals surface area contributed by atoms with E-state index in [-0.39, 0.29) is 24.1 Å². The van der Waals surface area contributed by atoms with Gasteiger partial charge in [0, 0.05) is 37.5 Å². The summed E-state index contributed by atoms with van der Waals surface area (Å²) < 4.78 is 7.42. The first-order chi connectivity index (χ1) is 19.0. The number of benzene rings is 2. The van der Waals surface area contributed by atoms with Gasteiger partial charge < -0.3 is 29.8 Å². The summed E-state index contributed by atoms with van der Waals surface area (Å²) in [5, 5.41) is 5.56. The lowest BCUT2D eigenvalue weighted by Crippen LogP contribution is -2.39. The monoisotopic (exact) mass is 524 g/mol. The lowest BCUT2D eigenvalue weighted by Gasteiger charge is -2.29. The minimum Gasteiger partial charge on any atom is -0.494 e. The number of aromatic nitrogens is 3. The van der Waals surface area contributed by atoms with Crippen molar-refractivity contribution in [1.82, 2.24) is 19.4 Å². The number of nitrogens with zero attached hydrogens (tertiary/aromatic N) is 3. The van der Waals surface area contributed by atoms with E-state index in [1.165, 1.54) is 7.11 Å². The largest absolute Gasteiger partial charge is 0.494 e. The van der Waals surface area contributed by atoms with E-state index in [0.717, 1.165) is 17.5 Å². The molecule has 3 amide bonds. The summed E-state index contributed by atoms with van der Waals surface area (Å²) >= 11 is 0. The number of nitrogens with one attached hydrogen (secondary N) is 3. The van der Waals surface area contributed by atoms with Crippen LogP contribution >= 0.6 is 0 Å². The molecule has 0 bridgehead atoms. The van der Waals surface area contributed by atoms with Gasteiger partial charge in [-0.3, -0.25) is 14.4 Å². The molecule has 0 saturated carbocycles. The van der Waals surface area contributed by atoms with Crippen LogP contribution in [0.3, 0.4) is 0 Å². The standard InChI is InChI=1S/C29H28N6O4/c1-3-26(36)32-21-12-11-20(17-24(21)39-2)31-28(37)27-23-18-34(29(38)22-10-7-13-30-22)14-15-35(23)25(33-27)16-19-8-5-4-6-9-19/h3-13,17,30H,1,14-16,18H2,2H3,(H,31,37)(H,32,36). The molecule has 198 valence electrons. The fraction of sp³-hybridized carbons (Fsp3) is 0.172. The number of amides is 3. The zero-order valence-corrected chi connectivity index (χ0v) is 21.4. The number of anilines is 2. The molecule has 0 fully saturated rings. The van der Waals surface area contributed by atoms with Crippen LogP contribution in [0, 0.1) is 0 Å². The normalized spacial score (nSPS) is 12.4. The minimum absolute atomic E-state index is 0.134. The first-order valence-corrected chi connectivity index (χ1v) is 12.4. The summed E-state index contributed by atoms with van der Waals surface area (Å²) in [6.07, 6.45) is 3.42. The Kier molecular flexibility index (Phi) is 7.26. The van der Waals surface area contributed by atoms with E-state index in [0.29, 0.717) is 48.0 Å². The van der Waals surface area contributed by atoms with Crippen molar-refractivity contribution in [3.05, 3.63) is 108 Å². The second-order valence-corrected chi connectivity index (χ2v) is 9.01. The van der Waals surface area contributed by atoms with E-state index in [9.17, 15) is 14.4 Å². The fourth-order valence-corrected chi connectivity index (χ4v) is 4.59. The Morgan fingerprint density at radius 1 is 1.08 bits per heavy atom. The molecule has 0 atom stereocenters. The highest BCUT2D eigenvalue weighted by molar-refractivity contribution is 6.05. The number of imidazole rings is 1. The van der Waals surface area contributed by atoms with Crippen molar-refractivity contribution in [3.8, 4) is 5.75 Å². The van der Waals surface area contributed by atoms with Crippen LogP contribution in [0.25, 0.3) is 0 Å². The summed E-state index contributed by atoms with van der Waals surface area (Å²) in [5.74, 6) is 0.220. The molecule has 0 radical (unpaired) electrons. The molecule has 0 unspecified atom stereocenters. The van der Waals surface area contributed by atoms with Crippen molar-refractivity contribution in [2.75, 3.05) is 24.3 Å². The lowest BCUT2D eigenvalue weighted by atomic mass is 10.1.